The monoisotopic (exact) mass is 123 g/mol. The minimum absolute atomic E-state index is 0.519. The quantitative estimate of drug-likeness (QED) is 0.400. The van der Waals surface area contributed by atoms with Crippen molar-refractivity contribution < 1.29 is 4.79 Å². The fourth-order valence-corrected chi connectivity index (χ4v) is 0.505. The third-order valence-electron chi connectivity index (χ3n) is 0.951. The maximum atomic E-state index is 9.69. The van der Waals surface area contributed by atoms with Crippen LogP contribution < -0.4 is 0 Å². The normalized spacial score (nSPS) is 8.56. The lowest BCUT2D eigenvalue weighted by atomic mass is 10.7. The average molecular weight is 123 g/mol. The van der Waals surface area contributed by atoms with Crippen LogP contribution in [0.5, 0.6) is 0 Å². The van der Waals surface area contributed by atoms with Crippen LogP contribution in [0.25, 0.3) is 0 Å². The Labute approximate surface area is 51.9 Å². The van der Waals surface area contributed by atoms with E-state index in [0.717, 1.165) is 0 Å². The lowest BCUT2D eigenvalue weighted by molar-refractivity contribution is 0.565. The fraction of sp³-hybridized carbons (Fsp3) is 0.200. The van der Waals surface area contributed by atoms with Gasteiger partial charge in [0.1, 0.15) is 0 Å². The van der Waals surface area contributed by atoms with Crippen molar-refractivity contribution >= 4 is 11.9 Å². The van der Waals surface area contributed by atoms with Gasteiger partial charge in [0.25, 0.3) is 0 Å². The van der Waals surface area contributed by atoms with Crippen LogP contribution in [0.3, 0.4) is 0 Å². The molecule has 0 fully saturated rings. The van der Waals surface area contributed by atoms with E-state index in [1.54, 1.807) is 17.9 Å². The number of carbonyl (C=O) groups excluding carboxylic acids is 1. The van der Waals surface area contributed by atoms with Gasteiger partial charge in [-0.1, -0.05) is 0 Å². The van der Waals surface area contributed by atoms with Crippen molar-refractivity contribution in [2.75, 3.05) is 0 Å². The molecule has 0 bridgehead atoms. The number of aromatic nitrogens is 2. The van der Waals surface area contributed by atoms with Crippen molar-refractivity contribution in [3.05, 3.63) is 12.5 Å². The van der Waals surface area contributed by atoms with E-state index in [1.165, 1.54) is 12.3 Å². The Morgan fingerprint density at radius 3 is 3.11 bits per heavy atom. The summed E-state index contributed by atoms with van der Waals surface area (Å²) in [5, 5.41) is 0. The molecule has 0 amide bonds. The highest BCUT2D eigenvalue weighted by Crippen LogP contribution is 2.05. The Kier molecular flexibility index (Phi) is 1.42. The van der Waals surface area contributed by atoms with Crippen molar-refractivity contribution in [3.63, 3.8) is 0 Å². The number of hydrogen-bond acceptors (Lipinski definition) is 3. The van der Waals surface area contributed by atoms with E-state index in [2.05, 4.69) is 9.98 Å². The summed E-state index contributed by atoms with van der Waals surface area (Å²) in [5.74, 6) is 0.519. The SMILES string of the molecule is Cn1cncc1N=C=O. The molecule has 0 aliphatic rings. The molecule has 0 saturated carbocycles. The first-order valence-corrected chi connectivity index (χ1v) is 2.39. The molecule has 0 aromatic carbocycles. The van der Waals surface area contributed by atoms with E-state index in [9.17, 15) is 4.79 Å². The maximum absolute atomic E-state index is 9.69. The van der Waals surface area contributed by atoms with Crippen LogP contribution in [0.4, 0.5) is 5.82 Å². The van der Waals surface area contributed by atoms with E-state index in [4.69, 9.17) is 0 Å². The van der Waals surface area contributed by atoms with Crippen LogP contribution in [-0.4, -0.2) is 15.6 Å². The molecule has 0 N–H and O–H groups in total. The molecule has 46 valence electrons. The number of rotatable bonds is 1. The molecule has 4 heteroatoms. The smallest absolute Gasteiger partial charge is 0.242 e. The Balaban J connectivity index is 3.07. The molecule has 0 aliphatic carbocycles. The van der Waals surface area contributed by atoms with E-state index >= 15 is 0 Å². The van der Waals surface area contributed by atoms with Crippen molar-refractivity contribution in [3.8, 4) is 0 Å². The van der Waals surface area contributed by atoms with Gasteiger partial charge in [0, 0.05) is 7.05 Å². The third-order valence-corrected chi connectivity index (χ3v) is 0.951. The molecule has 0 atom stereocenters. The highest BCUT2D eigenvalue weighted by Gasteiger charge is 1.90. The van der Waals surface area contributed by atoms with Gasteiger partial charge in [-0.3, -0.25) is 0 Å². The van der Waals surface area contributed by atoms with E-state index < -0.39 is 0 Å². The summed E-state index contributed by atoms with van der Waals surface area (Å²) >= 11 is 0. The van der Waals surface area contributed by atoms with Gasteiger partial charge >= 0.3 is 0 Å². The second-order valence-electron chi connectivity index (χ2n) is 1.57. The first-order chi connectivity index (χ1) is 4.34. The number of isocyanates is 1. The second kappa shape index (κ2) is 2.24. The zero-order chi connectivity index (χ0) is 6.69. The zero-order valence-corrected chi connectivity index (χ0v) is 4.90. The van der Waals surface area contributed by atoms with E-state index in [-0.39, 0.29) is 0 Å². The molecule has 1 rings (SSSR count). The van der Waals surface area contributed by atoms with Crippen molar-refractivity contribution in [2.45, 2.75) is 0 Å². The van der Waals surface area contributed by atoms with Gasteiger partial charge in [0.05, 0.1) is 12.5 Å². The molecule has 4 nitrogen and oxygen atoms in total. The van der Waals surface area contributed by atoms with Gasteiger partial charge in [-0.25, -0.2) is 9.78 Å². The number of hydrogen-bond donors (Lipinski definition) is 0. The van der Waals surface area contributed by atoms with Crippen molar-refractivity contribution in [1.82, 2.24) is 9.55 Å². The molecule has 1 heterocycles. The lowest BCUT2D eigenvalue weighted by Crippen LogP contribution is -1.80. The van der Waals surface area contributed by atoms with Crippen LogP contribution in [0.15, 0.2) is 17.5 Å². The summed E-state index contributed by atoms with van der Waals surface area (Å²) in [6, 6.07) is 0. The topological polar surface area (TPSA) is 47.2 Å². The van der Waals surface area contributed by atoms with Crippen LogP contribution in [0.2, 0.25) is 0 Å². The number of aliphatic imine (C=N–C) groups is 1. The van der Waals surface area contributed by atoms with Crippen molar-refractivity contribution in [2.24, 2.45) is 12.0 Å². The summed E-state index contributed by atoms with van der Waals surface area (Å²) in [4.78, 5) is 16.8. The molecule has 0 aliphatic heterocycles. The molecule has 1 aromatic heterocycles. The van der Waals surface area contributed by atoms with Gasteiger partial charge in [0.15, 0.2) is 5.82 Å². The predicted molar refractivity (Wildman–Crippen MR) is 31.0 cm³/mol. The van der Waals surface area contributed by atoms with E-state index in [1.807, 2.05) is 0 Å². The molecule has 1 aromatic rings. The minimum atomic E-state index is 0.519. The number of aryl methyl sites for hydroxylation is 1. The van der Waals surface area contributed by atoms with Gasteiger partial charge in [0.2, 0.25) is 6.08 Å². The lowest BCUT2D eigenvalue weighted by Gasteiger charge is -1.86. The molecule has 0 radical (unpaired) electrons. The minimum Gasteiger partial charge on any atom is -0.318 e. The molecule has 9 heavy (non-hydrogen) atoms. The highest BCUT2D eigenvalue weighted by atomic mass is 16.1. The summed E-state index contributed by atoms with van der Waals surface area (Å²) in [6.45, 7) is 0. The standard InChI is InChI=1S/C5H5N3O/c1-8-3-6-2-5(8)7-4-9/h2-3H,1H3. The van der Waals surface area contributed by atoms with Crippen LogP contribution in [0, 0.1) is 0 Å². The average Bonchev–Trinajstić information content (AvgIpc) is 2.18. The van der Waals surface area contributed by atoms with Crippen molar-refractivity contribution in [1.29, 1.82) is 0 Å². The van der Waals surface area contributed by atoms with Crippen LogP contribution >= 0.6 is 0 Å². The fourth-order valence-electron chi connectivity index (χ4n) is 0.505. The first-order valence-electron chi connectivity index (χ1n) is 2.39. The zero-order valence-electron chi connectivity index (χ0n) is 4.90. The van der Waals surface area contributed by atoms with E-state index in [0.29, 0.717) is 5.82 Å². The van der Waals surface area contributed by atoms with Crippen LogP contribution in [-0.2, 0) is 11.8 Å². The predicted octanol–water partition coefficient (Wildman–Crippen LogP) is 0.387. The number of imidazole rings is 1. The molecular weight excluding hydrogens is 118 g/mol. The summed E-state index contributed by atoms with van der Waals surface area (Å²) in [5.41, 5.74) is 0. The Morgan fingerprint density at radius 1 is 1.89 bits per heavy atom. The number of nitrogens with zero attached hydrogens (tertiary/aromatic N) is 3. The Bertz CT molecular complexity index is 246. The highest BCUT2D eigenvalue weighted by molar-refractivity contribution is 5.43. The Hall–Kier alpha value is -1.41. The molecule has 0 saturated heterocycles. The molecule has 0 spiro atoms. The summed E-state index contributed by atoms with van der Waals surface area (Å²) < 4.78 is 1.63. The van der Waals surface area contributed by atoms with Gasteiger partial charge in [-0.15, -0.1) is 4.99 Å². The summed E-state index contributed by atoms with van der Waals surface area (Å²) in [6.07, 6.45) is 4.48. The van der Waals surface area contributed by atoms with Gasteiger partial charge in [-0.2, -0.15) is 0 Å². The van der Waals surface area contributed by atoms with Crippen LogP contribution in [0.1, 0.15) is 0 Å². The third kappa shape index (κ3) is 1.03. The maximum Gasteiger partial charge on any atom is 0.242 e. The first kappa shape index (κ1) is 5.72. The molecular formula is C5H5N3O. The molecule has 0 unspecified atom stereocenters. The van der Waals surface area contributed by atoms with Gasteiger partial charge < -0.3 is 4.57 Å². The Morgan fingerprint density at radius 2 is 2.67 bits per heavy atom. The van der Waals surface area contributed by atoms with Gasteiger partial charge in [-0.05, 0) is 0 Å². The largest absolute Gasteiger partial charge is 0.318 e. The second-order valence-corrected chi connectivity index (χ2v) is 1.57. The summed E-state index contributed by atoms with van der Waals surface area (Å²) in [7, 11) is 1.75.